The molecule has 88 valence electrons. The number of hydrogen-bond acceptors (Lipinski definition) is 4. The van der Waals surface area contributed by atoms with Crippen LogP contribution >= 0.6 is 23.1 Å². The first kappa shape index (κ1) is 11.0. The van der Waals surface area contributed by atoms with E-state index in [2.05, 4.69) is 16.4 Å². The molecular formula is C12H12N2OS2. The molecule has 1 aromatic heterocycles. The first-order valence-electron chi connectivity index (χ1n) is 5.59. The number of aromatic nitrogens is 1. The zero-order chi connectivity index (χ0) is 11.7. The molecule has 1 fully saturated rings. The Kier molecular flexibility index (Phi) is 3.03. The molecule has 0 radical (unpaired) electrons. The highest BCUT2D eigenvalue weighted by Crippen LogP contribution is 2.29. The molecule has 5 heteroatoms. The van der Waals surface area contributed by atoms with Gasteiger partial charge in [0.05, 0.1) is 16.0 Å². The van der Waals surface area contributed by atoms with E-state index in [1.165, 1.54) is 16.5 Å². The van der Waals surface area contributed by atoms with E-state index < -0.39 is 0 Å². The zero-order valence-corrected chi connectivity index (χ0v) is 10.8. The lowest BCUT2D eigenvalue weighted by Crippen LogP contribution is -2.26. The quantitative estimate of drug-likeness (QED) is 0.863. The van der Waals surface area contributed by atoms with E-state index in [9.17, 15) is 4.79 Å². The zero-order valence-electron chi connectivity index (χ0n) is 9.18. The van der Waals surface area contributed by atoms with Gasteiger partial charge in [-0.3, -0.25) is 4.79 Å². The van der Waals surface area contributed by atoms with Gasteiger partial charge in [0.25, 0.3) is 0 Å². The number of hydrogen-bond donors (Lipinski definition) is 1. The van der Waals surface area contributed by atoms with Gasteiger partial charge in [-0.05, 0) is 25.0 Å². The summed E-state index contributed by atoms with van der Waals surface area (Å²) in [5.41, 5.74) is 1.02. The Balaban J connectivity index is 1.61. The predicted octanol–water partition coefficient (Wildman–Crippen LogP) is 2.67. The molecule has 0 spiro atoms. The third kappa shape index (κ3) is 2.79. The van der Waals surface area contributed by atoms with E-state index in [-0.39, 0.29) is 5.91 Å². The molecular weight excluding hydrogens is 252 g/mol. The fourth-order valence-electron chi connectivity index (χ4n) is 1.54. The molecule has 0 bridgehead atoms. The SMILES string of the molecule is O=C(CSc1nc2ccccc2s1)NC1CC1. The Morgan fingerprint density at radius 1 is 1.47 bits per heavy atom. The fourth-order valence-corrected chi connectivity index (χ4v) is 3.42. The van der Waals surface area contributed by atoms with Crippen LogP contribution in [0.25, 0.3) is 10.2 Å². The van der Waals surface area contributed by atoms with Crippen molar-refractivity contribution in [2.75, 3.05) is 5.75 Å². The number of rotatable bonds is 4. The van der Waals surface area contributed by atoms with E-state index >= 15 is 0 Å². The number of carbonyl (C=O) groups is 1. The standard InChI is InChI=1S/C12H12N2OS2/c15-11(13-8-5-6-8)7-16-12-14-9-3-1-2-4-10(9)17-12/h1-4,8H,5-7H2,(H,13,15). The second-order valence-corrected chi connectivity index (χ2v) is 6.33. The first-order valence-corrected chi connectivity index (χ1v) is 7.39. The Labute approximate surface area is 108 Å². The second kappa shape index (κ2) is 4.66. The normalized spacial score (nSPS) is 15.1. The van der Waals surface area contributed by atoms with Crippen LogP contribution in [0.4, 0.5) is 0 Å². The molecule has 1 aliphatic carbocycles. The van der Waals surface area contributed by atoms with Crippen molar-refractivity contribution in [1.82, 2.24) is 10.3 Å². The van der Waals surface area contributed by atoms with Crippen molar-refractivity contribution in [2.45, 2.75) is 23.2 Å². The molecule has 1 amide bonds. The van der Waals surface area contributed by atoms with E-state index in [0.717, 1.165) is 22.7 Å². The maximum atomic E-state index is 11.5. The molecule has 1 saturated carbocycles. The van der Waals surface area contributed by atoms with Crippen molar-refractivity contribution in [3.63, 3.8) is 0 Å². The van der Waals surface area contributed by atoms with Gasteiger partial charge in [-0.1, -0.05) is 23.9 Å². The highest BCUT2D eigenvalue weighted by molar-refractivity contribution is 8.01. The monoisotopic (exact) mass is 264 g/mol. The number of carbonyl (C=O) groups excluding carboxylic acids is 1. The number of nitrogens with one attached hydrogen (secondary N) is 1. The van der Waals surface area contributed by atoms with Crippen molar-refractivity contribution < 1.29 is 4.79 Å². The summed E-state index contributed by atoms with van der Waals surface area (Å²) in [5, 5.41) is 2.97. The van der Waals surface area contributed by atoms with Crippen LogP contribution in [0, 0.1) is 0 Å². The minimum absolute atomic E-state index is 0.122. The molecule has 17 heavy (non-hydrogen) atoms. The maximum Gasteiger partial charge on any atom is 0.230 e. The molecule has 3 nitrogen and oxygen atoms in total. The van der Waals surface area contributed by atoms with Gasteiger partial charge < -0.3 is 5.32 Å². The molecule has 1 heterocycles. The average molecular weight is 264 g/mol. The van der Waals surface area contributed by atoms with Gasteiger partial charge in [-0.15, -0.1) is 11.3 Å². The summed E-state index contributed by atoms with van der Waals surface area (Å²) < 4.78 is 2.15. The minimum Gasteiger partial charge on any atom is -0.353 e. The van der Waals surface area contributed by atoms with Gasteiger partial charge in [0, 0.05) is 6.04 Å². The Bertz CT molecular complexity index is 515. The van der Waals surface area contributed by atoms with Crippen LogP contribution in [-0.4, -0.2) is 22.7 Å². The Morgan fingerprint density at radius 3 is 3.06 bits per heavy atom. The lowest BCUT2D eigenvalue weighted by molar-refractivity contribution is -0.118. The summed E-state index contributed by atoms with van der Waals surface area (Å²) in [6, 6.07) is 8.49. The van der Waals surface area contributed by atoms with Crippen molar-refractivity contribution >= 4 is 39.2 Å². The number of amides is 1. The summed E-state index contributed by atoms with van der Waals surface area (Å²) in [5.74, 6) is 0.591. The number of para-hydroxylation sites is 1. The van der Waals surface area contributed by atoms with Gasteiger partial charge in [0.2, 0.25) is 5.91 Å². The molecule has 1 aromatic carbocycles. The number of thioether (sulfide) groups is 1. The fraction of sp³-hybridized carbons (Fsp3) is 0.333. The molecule has 2 aromatic rings. The first-order chi connectivity index (χ1) is 8.31. The highest BCUT2D eigenvalue weighted by Gasteiger charge is 2.23. The van der Waals surface area contributed by atoms with Crippen LogP contribution in [0.1, 0.15) is 12.8 Å². The molecule has 0 saturated heterocycles. The smallest absolute Gasteiger partial charge is 0.230 e. The van der Waals surface area contributed by atoms with E-state index in [1.807, 2.05) is 18.2 Å². The molecule has 0 atom stereocenters. The molecule has 0 unspecified atom stereocenters. The lowest BCUT2D eigenvalue weighted by atomic mass is 10.3. The molecule has 3 rings (SSSR count). The van der Waals surface area contributed by atoms with E-state index in [4.69, 9.17) is 0 Å². The summed E-state index contributed by atoms with van der Waals surface area (Å²) in [7, 11) is 0. The number of nitrogens with zero attached hydrogens (tertiary/aromatic N) is 1. The summed E-state index contributed by atoms with van der Waals surface area (Å²) >= 11 is 3.17. The van der Waals surface area contributed by atoms with Crippen LogP contribution in [0.5, 0.6) is 0 Å². The maximum absolute atomic E-state index is 11.5. The van der Waals surface area contributed by atoms with Gasteiger partial charge in [0.15, 0.2) is 4.34 Å². The average Bonchev–Trinajstić information content (AvgIpc) is 3.03. The van der Waals surface area contributed by atoms with Gasteiger partial charge in [-0.25, -0.2) is 4.98 Å². The van der Waals surface area contributed by atoms with Crippen LogP contribution in [0.2, 0.25) is 0 Å². The van der Waals surface area contributed by atoms with Crippen LogP contribution < -0.4 is 5.32 Å². The highest BCUT2D eigenvalue weighted by atomic mass is 32.2. The largest absolute Gasteiger partial charge is 0.353 e. The molecule has 1 aliphatic rings. The van der Waals surface area contributed by atoms with Gasteiger partial charge >= 0.3 is 0 Å². The predicted molar refractivity (Wildman–Crippen MR) is 71.5 cm³/mol. The van der Waals surface area contributed by atoms with Crippen molar-refractivity contribution in [3.05, 3.63) is 24.3 Å². The third-order valence-corrected chi connectivity index (χ3v) is 4.72. The minimum atomic E-state index is 0.122. The number of thiazole rings is 1. The van der Waals surface area contributed by atoms with Gasteiger partial charge in [0.1, 0.15) is 0 Å². The summed E-state index contributed by atoms with van der Waals surface area (Å²) in [4.78, 5) is 16.0. The van der Waals surface area contributed by atoms with Crippen LogP contribution in [-0.2, 0) is 4.79 Å². The van der Waals surface area contributed by atoms with Crippen molar-refractivity contribution in [2.24, 2.45) is 0 Å². The van der Waals surface area contributed by atoms with E-state index in [1.54, 1.807) is 11.3 Å². The summed E-state index contributed by atoms with van der Waals surface area (Å²) in [6.07, 6.45) is 2.27. The lowest BCUT2D eigenvalue weighted by Gasteiger charge is -2.00. The third-order valence-electron chi connectivity index (χ3n) is 2.54. The molecule has 0 aliphatic heterocycles. The summed E-state index contributed by atoms with van der Waals surface area (Å²) in [6.45, 7) is 0. The van der Waals surface area contributed by atoms with Gasteiger partial charge in [-0.2, -0.15) is 0 Å². The van der Waals surface area contributed by atoms with Crippen LogP contribution in [0.3, 0.4) is 0 Å². The molecule has 1 N–H and O–H groups in total. The number of fused-ring (bicyclic) bond motifs is 1. The Hall–Kier alpha value is -1.07. The Morgan fingerprint density at radius 2 is 2.29 bits per heavy atom. The van der Waals surface area contributed by atoms with Crippen molar-refractivity contribution in [3.8, 4) is 0 Å². The van der Waals surface area contributed by atoms with Crippen molar-refractivity contribution in [1.29, 1.82) is 0 Å². The topological polar surface area (TPSA) is 42.0 Å². The van der Waals surface area contributed by atoms with Crippen LogP contribution in [0.15, 0.2) is 28.6 Å². The number of benzene rings is 1. The second-order valence-electron chi connectivity index (χ2n) is 4.08. The van der Waals surface area contributed by atoms with E-state index in [0.29, 0.717) is 11.8 Å².